The van der Waals surface area contributed by atoms with E-state index in [1.807, 2.05) is 32.0 Å². The number of benzene rings is 1. The molecular formula is C18H19N7O3S. The Morgan fingerprint density at radius 2 is 2.14 bits per heavy atom. The number of nitrogens with one attached hydrogen (secondary N) is 1. The van der Waals surface area contributed by atoms with Crippen LogP contribution >= 0.6 is 11.3 Å². The van der Waals surface area contributed by atoms with E-state index in [2.05, 4.69) is 20.4 Å². The number of thiazole rings is 1. The van der Waals surface area contributed by atoms with Crippen molar-refractivity contribution in [3.8, 4) is 5.75 Å². The van der Waals surface area contributed by atoms with E-state index in [0.29, 0.717) is 27.4 Å². The van der Waals surface area contributed by atoms with Gasteiger partial charge in [-0.3, -0.25) is 4.79 Å². The van der Waals surface area contributed by atoms with Crippen LogP contribution in [0.25, 0.3) is 16.0 Å². The Kier molecular flexibility index (Phi) is 4.66. The van der Waals surface area contributed by atoms with Crippen LogP contribution < -0.4 is 20.6 Å². The maximum absolute atomic E-state index is 12.7. The number of hydrogen-bond donors (Lipinski definition) is 1. The van der Waals surface area contributed by atoms with E-state index >= 15 is 0 Å². The molecule has 3 heterocycles. The molecule has 4 rings (SSSR count). The van der Waals surface area contributed by atoms with Crippen molar-refractivity contribution in [2.75, 3.05) is 31.4 Å². The van der Waals surface area contributed by atoms with Gasteiger partial charge in [0.1, 0.15) is 23.3 Å². The number of anilines is 2. The summed E-state index contributed by atoms with van der Waals surface area (Å²) in [7, 11) is 5.29. The van der Waals surface area contributed by atoms with Crippen LogP contribution in [0.4, 0.5) is 10.8 Å². The molecule has 3 aromatic heterocycles. The van der Waals surface area contributed by atoms with Gasteiger partial charge in [-0.2, -0.15) is 4.98 Å². The predicted molar refractivity (Wildman–Crippen MR) is 111 cm³/mol. The maximum atomic E-state index is 12.7. The summed E-state index contributed by atoms with van der Waals surface area (Å²) in [6.07, 6.45) is 1.38. The van der Waals surface area contributed by atoms with Crippen molar-refractivity contribution in [2.24, 2.45) is 0 Å². The van der Waals surface area contributed by atoms with E-state index in [-0.39, 0.29) is 12.5 Å². The number of fused-ring (bicyclic) bond motifs is 3. The van der Waals surface area contributed by atoms with Crippen LogP contribution in [0.5, 0.6) is 5.75 Å². The Morgan fingerprint density at radius 3 is 2.86 bits per heavy atom. The second kappa shape index (κ2) is 7.17. The highest BCUT2D eigenvalue weighted by Crippen LogP contribution is 2.28. The van der Waals surface area contributed by atoms with Gasteiger partial charge >= 0.3 is 5.69 Å². The van der Waals surface area contributed by atoms with E-state index in [1.54, 1.807) is 12.1 Å². The van der Waals surface area contributed by atoms with Crippen LogP contribution in [0.15, 0.2) is 29.3 Å². The first-order valence-electron chi connectivity index (χ1n) is 8.74. The topological polar surface area (TPSA) is 107 Å². The summed E-state index contributed by atoms with van der Waals surface area (Å²) >= 11 is 1.38. The van der Waals surface area contributed by atoms with Crippen LogP contribution in [0.1, 0.15) is 5.56 Å². The highest BCUT2D eigenvalue weighted by atomic mass is 32.1. The molecule has 1 amide bonds. The zero-order valence-corrected chi connectivity index (χ0v) is 17.1. The van der Waals surface area contributed by atoms with E-state index in [9.17, 15) is 9.59 Å². The number of ether oxygens (including phenoxy) is 1. The summed E-state index contributed by atoms with van der Waals surface area (Å²) in [6.45, 7) is 1.68. The Labute approximate surface area is 169 Å². The fourth-order valence-corrected chi connectivity index (χ4v) is 3.78. The first kappa shape index (κ1) is 18.9. The summed E-state index contributed by atoms with van der Waals surface area (Å²) in [5, 5.41) is 7.87. The molecule has 0 saturated carbocycles. The number of carbonyl (C=O) groups excluding carboxylic acids is 1. The third-order valence-corrected chi connectivity index (χ3v) is 5.48. The summed E-state index contributed by atoms with van der Waals surface area (Å²) in [5.74, 6) is 0.153. The molecule has 1 N–H and O–H groups in total. The first-order valence-corrected chi connectivity index (χ1v) is 9.55. The molecule has 0 aliphatic heterocycles. The molecule has 0 fully saturated rings. The normalized spacial score (nSPS) is 11.2. The lowest BCUT2D eigenvalue weighted by molar-refractivity contribution is -0.117. The molecule has 29 heavy (non-hydrogen) atoms. The first-order chi connectivity index (χ1) is 13.9. The number of aryl methyl sites for hydroxylation is 1. The lowest BCUT2D eigenvalue weighted by atomic mass is 10.2. The van der Waals surface area contributed by atoms with Gasteiger partial charge in [0.25, 0.3) is 0 Å². The summed E-state index contributed by atoms with van der Waals surface area (Å²) in [5.41, 5.74) is 2.00. The summed E-state index contributed by atoms with van der Waals surface area (Å²) in [4.78, 5) is 35.7. The summed E-state index contributed by atoms with van der Waals surface area (Å²) in [6, 6.07) is 5.46. The molecule has 10 nitrogen and oxygen atoms in total. The Balaban J connectivity index is 1.67. The zero-order valence-electron chi connectivity index (χ0n) is 16.3. The third-order valence-electron chi connectivity index (χ3n) is 4.27. The van der Waals surface area contributed by atoms with Crippen LogP contribution in [0, 0.1) is 6.92 Å². The number of amides is 1. The highest BCUT2D eigenvalue weighted by molar-refractivity contribution is 7.22. The van der Waals surface area contributed by atoms with Crippen LogP contribution in [0.2, 0.25) is 0 Å². The van der Waals surface area contributed by atoms with Crippen molar-refractivity contribution in [2.45, 2.75) is 13.5 Å². The van der Waals surface area contributed by atoms with E-state index < -0.39 is 5.69 Å². The quantitative estimate of drug-likeness (QED) is 0.529. The Bertz CT molecular complexity index is 1290. The number of aromatic nitrogens is 5. The molecule has 0 aliphatic carbocycles. The van der Waals surface area contributed by atoms with Crippen molar-refractivity contribution < 1.29 is 9.53 Å². The van der Waals surface area contributed by atoms with E-state index in [0.717, 1.165) is 15.4 Å². The lowest BCUT2D eigenvalue weighted by Crippen LogP contribution is -2.28. The highest BCUT2D eigenvalue weighted by Gasteiger charge is 2.17. The fraction of sp³-hybridized carbons (Fsp3) is 0.278. The second-order valence-corrected chi connectivity index (χ2v) is 7.65. The van der Waals surface area contributed by atoms with Crippen molar-refractivity contribution >= 4 is 44.1 Å². The van der Waals surface area contributed by atoms with Crippen molar-refractivity contribution in [3.63, 3.8) is 0 Å². The van der Waals surface area contributed by atoms with E-state index in [1.165, 1.54) is 29.2 Å². The molecule has 1 aromatic carbocycles. The van der Waals surface area contributed by atoms with Gasteiger partial charge in [-0.05, 0) is 24.6 Å². The molecule has 0 aliphatic rings. The maximum Gasteiger partial charge on any atom is 0.352 e. The summed E-state index contributed by atoms with van der Waals surface area (Å²) < 4.78 is 8.39. The van der Waals surface area contributed by atoms with Gasteiger partial charge in [-0.1, -0.05) is 17.4 Å². The van der Waals surface area contributed by atoms with Crippen LogP contribution in [-0.2, 0) is 11.3 Å². The monoisotopic (exact) mass is 413 g/mol. The smallest absolute Gasteiger partial charge is 0.352 e. The van der Waals surface area contributed by atoms with Crippen molar-refractivity contribution in [3.05, 3.63) is 40.6 Å². The molecule has 150 valence electrons. The molecule has 4 aromatic rings. The minimum absolute atomic E-state index is 0.238. The lowest BCUT2D eigenvalue weighted by Gasteiger charge is -2.10. The molecule has 0 radical (unpaired) electrons. The Hall–Kier alpha value is -3.47. The van der Waals surface area contributed by atoms with Gasteiger partial charge in [0, 0.05) is 14.1 Å². The molecule has 0 unspecified atom stereocenters. The SMILES string of the molecule is COc1ccc(C)cc1NC(=O)Cn1nc2c3sc(N(C)C)nc3ncn2c1=O. The van der Waals surface area contributed by atoms with E-state index in [4.69, 9.17) is 4.74 Å². The number of nitrogens with zero attached hydrogens (tertiary/aromatic N) is 6. The van der Waals surface area contributed by atoms with Crippen molar-refractivity contribution in [1.82, 2.24) is 24.1 Å². The Morgan fingerprint density at radius 1 is 1.34 bits per heavy atom. The van der Waals surface area contributed by atoms with Gasteiger partial charge in [-0.25, -0.2) is 18.9 Å². The zero-order chi connectivity index (χ0) is 20.7. The molecule has 0 atom stereocenters. The number of hydrogen-bond acceptors (Lipinski definition) is 8. The fourth-order valence-electron chi connectivity index (χ4n) is 2.87. The van der Waals surface area contributed by atoms with Gasteiger partial charge < -0.3 is 15.0 Å². The van der Waals surface area contributed by atoms with Crippen LogP contribution in [0.3, 0.4) is 0 Å². The molecular weight excluding hydrogens is 394 g/mol. The van der Waals surface area contributed by atoms with Gasteiger partial charge in [-0.15, -0.1) is 5.10 Å². The average Bonchev–Trinajstić information content (AvgIpc) is 3.24. The predicted octanol–water partition coefficient (Wildman–Crippen LogP) is 1.52. The van der Waals surface area contributed by atoms with Crippen LogP contribution in [-0.4, -0.2) is 51.3 Å². The van der Waals surface area contributed by atoms with Crippen molar-refractivity contribution in [1.29, 1.82) is 0 Å². The minimum atomic E-state index is -0.444. The standard InChI is InChI=1S/C18H19N7O3S/c1-10-5-6-12(28-4)11(7-10)20-13(26)8-25-18(27)24-9-19-15-14(16(24)22-25)29-17(21-15)23(2)3/h5-7,9H,8H2,1-4H3,(H,20,26). The molecule has 11 heteroatoms. The van der Waals surface area contributed by atoms with Gasteiger partial charge in [0.15, 0.2) is 16.4 Å². The molecule has 0 spiro atoms. The molecule has 0 bridgehead atoms. The largest absolute Gasteiger partial charge is 0.495 e. The average molecular weight is 413 g/mol. The van der Waals surface area contributed by atoms with Gasteiger partial charge in [0.2, 0.25) is 5.91 Å². The second-order valence-electron chi connectivity index (χ2n) is 6.67. The number of methoxy groups -OCH3 is 1. The number of carbonyl (C=O) groups is 1. The third kappa shape index (κ3) is 3.40. The minimum Gasteiger partial charge on any atom is -0.495 e. The molecule has 0 saturated heterocycles. The number of rotatable bonds is 5. The van der Waals surface area contributed by atoms with Gasteiger partial charge in [0.05, 0.1) is 12.8 Å².